The predicted molar refractivity (Wildman–Crippen MR) is 270 cm³/mol. The summed E-state index contributed by atoms with van der Waals surface area (Å²) < 4.78 is 0. The normalized spacial score (nSPS) is 10.9. The van der Waals surface area contributed by atoms with Crippen LogP contribution in [0.2, 0.25) is 0 Å². The molecule has 0 atom stereocenters. The third kappa shape index (κ3) is 10.2. The van der Waals surface area contributed by atoms with Gasteiger partial charge in [0.15, 0.2) is 0 Å². The van der Waals surface area contributed by atoms with Crippen LogP contribution in [0.3, 0.4) is 0 Å². The van der Waals surface area contributed by atoms with Gasteiger partial charge < -0.3 is 0 Å². The van der Waals surface area contributed by atoms with Crippen molar-refractivity contribution >= 4 is 43.1 Å². The van der Waals surface area contributed by atoms with Crippen molar-refractivity contribution < 1.29 is 0 Å². The Hall–Kier alpha value is -5.20. The zero-order chi connectivity index (χ0) is 43.3. The highest BCUT2D eigenvalue weighted by molar-refractivity contribution is 5.93. The lowest BCUT2D eigenvalue weighted by Gasteiger charge is -2.12. The van der Waals surface area contributed by atoms with Crippen molar-refractivity contribution in [1.29, 1.82) is 0 Å². The summed E-state index contributed by atoms with van der Waals surface area (Å²) in [5, 5.41) is 11.5. The van der Waals surface area contributed by atoms with Crippen molar-refractivity contribution in [3.63, 3.8) is 0 Å². The molecule has 0 fully saturated rings. The van der Waals surface area contributed by atoms with Crippen molar-refractivity contribution in [3.8, 4) is 0 Å². The van der Waals surface area contributed by atoms with Crippen molar-refractivity contribution in [1.82, 2.24) is 0 Å². The van der Waals surface area contributed by atoms with Gasteiger partial charge in [-0.1, -0.05) is 182 Å². The van der Waals surface area contributed by atoms with Gasteiger partial charge in [0, 0.05) is 0 Å². The molecule has 0 heterocycles. The van der Waals surface area contributed by atoms with Gasteiger partial charge in [-0.05, 0) is 183 Å². The maximum Gasteiger partial charge on any atom is -0.0120 e. The van der Waals surface area contributed by atoms with E-state index in [0.717, 1.165) is 51.4 Å². The maximum absolute atomic E-state index is 2.35. The molecule has 312 valence electrons. The summed E-state index contributed by atoms with van der Waals surface area (Å²) in [5.41, 5.74) is 17.4. The van der Waals surface area contributed by atoms with Crippen LogP contribution in [0, 0.1) is 27.7 Å². The predicted octanol–water partition coefficient (Wildman–Crippen LogP) is 17.1. The molecule has 0 spiro atoms. The molecular formula is C60H72. The van der Waals surface area contributed by atoms with Gasteiger partial charge in [0.1, 0.15) is 0 Å². The minimum atomic E-state index is 1.11. The Morgan fingerprint density at radius 3 is 1.13 bits per heavy atom. The van der Waals surface area contributed by atoms with Crippen molar-refractivity contribution in [2.45, 2.75) is 134 Å². The number of fused-ring (bicyclic) bond motifs is 4. The number of aryl methyl sites for hydroxylation is 12. The number of hydrogen-bond donors (Lipinski definition) is 0. The molecule has 60 heavy (non-hydrogen) atoms. The lowest BCUT2D eigenvalue weighted by molar-refractivity contribution is 1.10. The van der Waals surface area contributed by atoms with Gasteiger partial charge in [-0.15, -0.1) is 0 Å². The van der Waals surface area contributed by atoms with Gasteiger partial charge in [-0.2, -0.15) is 0 Å². The Balaban J connectivity index is 0.000000152. The lowest BCUT2D eigenvalue weighted by atomic mass is 9.93. The highest BCUT2D eigenvalue weighted by atomic mass is 14.1. The smallest absolute Gasteiger partial charge is 0.0120 e. The van der Waals surface area contributed by atoms with E-state index in [9.17, 15) is 0 Å². The fourth-order valence-electron chi connectivity index (χ4n) is 9.39. The molecule has 0 aliphatic rings. The van der Waals surface area contributed by atoms with E-state index in [-0.39, 0.29) is 0 Å². The molecular weight excluding hydrogens is 721 g/mol. The molecule has 0 N–H and O–H groups in total. The Labute approximate surface area is 364 Å². The second kappa shape index (κ2) is 21.9. The highest BCUT2D eigenvalue weighted by Crippen LogP contribution is 2.30. The number of rotatable bonds is 8. The standard InChI is InChI=1S/4C15H18/c1-4-12-7-8-13(5-2)15-10-11(3)6-9-14(12)15;1-4-12-10-9-11(3)15-13(5-2)7-6-8-14(12)15;2*1-4-12-10-11(3)13(5-2)15-9-7-6-8-14(12)15/h4*6-10H,4-5H2,1-3H3. The average Bonchev–Trinajstić information content (AvgIpc) is 3.28. The Morgan fingerprint density at radius 2 is 0.667 bits per heavy atom. The summed E-state index contributed by atoms with van der Waals surface area (Å²) in [7, 11) is 0. The van der Waals surface area contributed by atoms with E-state index < -0.39 is 0 Å². The maximum atomic E-state index is 2.35. The molecule has 0 heteroatoms. The molecule has 0 nitrogen and oxygen atoms in total. The average molecular weight is 793 g/mol. The van der Waals surface area contributed by atoms with Crippen LogP contribution in [0.15, 0.2) is 121 Å². The van der Waals surface area contributed by atoms with Crippen LogP contribution < -0.4 is 0 Å². The second-order valence-electron chi connectivity index (χ2n) is 16.4. The zero-order valence-electron chi connectivity index (χ0n) is 39.2. The molecule has 0 saturated carbocycles. The second-order valence-corrected chi connectivity index (χ2v) is 16.4. The summed E-state index contributed by atoms with van der Waals surface area (Å²) >= 11 is 0. The van der Waals surface area contributed by atoms with E-state index in [2.05, 4.69) is 204 Å². The molecule has 0 aliphatic heterocycles. The molecule has 0 radical (unpaired) electrons. The fraction of sp³-hybridized carbons (Fsp3) is 0.333. The summed E-state index contributed by atoms with van der Waals surface area (Å²) in [6.45, 7) is 26.7. The summed E-state index contributed by atoms with van der Waals surface area (Å²) in [4.78, 5) is 0. The highest BCUT2D eigenvalue weighted by Gasteiger charge is 2.09. The molecule has 8 aromatic rings. The number of hydrogen-bond acceptors (Lipinski definition) is 0. The van der Waals surface area contributed by atoms with E-state index in [1.54, 1.807) is 0 Å². The van der Waals surface area contributed by atoms with Gasteiger partial charge in [-0.25, -0.2) is 0 Å². The van der Waals surface area contributed by atoms with Gasteiger partial charge in [0.2, 0.25) is 0 Å². The monoisotopic (exact) mass is 793 g/mol. The summed E-state index contributed by atoms with van der Waals surface area (Å²) in [6.07, 6.45) is 8.94. The third-order valence-corrected chi connectivity index (χ3v) is 12.7. The molecule has 0 saturated heterocycles. The molecule has 0 bridgehead atoms. The Bertz CT molecular complexity index is 2560. The third-order valence-electron chi connectivity index (χ3n) is 12.7. The van der Waals surface area contributed by atoms with Crippen molar-refractivity contribution in [3.05, 3.63) is 188 Å². The van der Waals surface area contributed by atoms with Gasteiger partial charge in [-0.3, -0.25) is 0 Å². The van der Waals surface area contributed by atoms with Crippen LogP contribution in [0.4, 0.5) is 0 Å². The molecule has 0 aromatic heterocycles. The number of benzene rings is 8. The largest absolute Gasteiger partial charge is 0.0616 e. The molecule has 8 aromatic carbocycles. The summed E-state index contributed by atoms with van der Waals surface area (Å²) in [6, 6.07) is 44.8. The van der Waals surface area contributed by atoms with Crippen LogP contribution in [-0.2, 0) is 51.4 Å². The molecule has 8 rings (SSSR count). The lowest BCUT2D eigenvalue weighted by Crippen LogP contribution is -1.93. The van der Waals surface area contributed by atoms with Crippen molar-refractivity contribution in [2.75, 3.05) is 0 Å². The molecule has 0 unspecified atom stereocenters. The van der Waals surface area contributed by atoms with E-state index in [1.165, 1.54) is 110 Å². The Kier molecular flexibility index (Phi) is 16.7. The topological polar surface area (TPSA) is 0 Å². The minimum absolute atomic E-state index is 1.11. The quantitative estimate of drug-likeness (QED) is 0.144. The van der Waals surface area contributed by atoms with Crippen molar-refractivity contribution in [2.24, 2.45) is 0 Å². The van der Waals surface area contributed by atoms with Gasteiger partial charge in [0.25, 0.3) is 0 Å². The SMILES string of the molecule is CCc1cc(C)c(CC)c2ccccc12.CCc1cc(C)c(CC)c2ccccc12.CCc1ccc(C)c2c(CC)cccc12.CCc1ccc(CC)c2cc(C)ccc12. The van der Waals surface area contributed by atoms with Crippen LogP contribution in [-0.4, -0.2) is 0 Å². The first-order valence-electron chi connectivity index (χ1n) is 23.1. The minimum Gasteiger partial charge on any atom is -0.0616 e. The van der Waals surface area contributed by atoms with E-state index in [0.29, 0.717) is 0 Å². The van der Waals surface area contributed by atoms with E-state index in [4.69, 9.17) is 0 Å². The first-order chi connectivity index (χ1) is 29.1. The first-order valence-corrected chi connectivity index (χ1v) is 23.1. The van der Waals surface area contributed by atoms with Crippen LogP contribution >= 0.6 is 0 Å². The van der Waals surface area contributed by atoms with Gasteiger partial charge >= 0.3 is 0 Å². The Morgan fingerprint density at radius 1 is 0.267 bits per heavy atom. The summed E-state index contributed by atoms with van der Waals surface area (Å²) in [5.74, 6) is 0. The van der Waals surface area contributed by atoms with Crippen LogP contribution in [0.5, 0.6) is 0 Å². The van der Waals surface area contributed by atoms with Crippen LogP contribution in [0.1, 0.15) is 122 Å². The first kappa shape index (κ1) is 45.9. The zero-order valence-corrected chi connectivity index (χ0v) is 39.2. The van der Waals surface area contributed by atoms with E-state index in [1.807, 2.05) is 0 Å². The van der Waals surface area contributed by atoms with Crippen LogP contribution in [0.25, 0.3) is 43.1 Å². The fourth-order valence-corrected chi connectivity index (χ4v) is 9.39. The molecule has 0 amide bonds. The molecule has 0 aliphatic carbocycles. The van der Waals surface area contributed by atoms with E-state index >= 15 is 0 Å². The van der Waals surface area contributed by atoms with Gasteiger partial charge in [0.05, 0.1) is 0 Å².